The minimum absolute atomic E-state index is 0.181. The average molecular weight is 380 g/mol. The Labute approximate surface area is 159 Å². The van der Waals surface area contributed by atoms with Gasteiger partial charge in [-0.2, -0.15) is 0 Å². The summed E-state index contributed by atoms with van der Waals surface area (Å²) in [4.78, 5) is 23.4. The van der Waals surface area contributed by atoms with E-state index in [1.165, 1.54) is 35.6 Å². The number of imidazole rings is 1. The van der Waals surface area contributed by atoms with Gasteiger partial charge in [0, 0.05) is 31.0 Å². The maximum Gasteiger partial charge on any atom is 0.260 e. The smallest absolute Gasteiger partial charge is 0.260 e. The highest BCUT2D eigenvalue weighted by molar-refractivity contribution is 7.22. The van der Waals surface area contributed by atoms with E-state index >= 15 is 0 Å². The highest BCUT2D eigenvalue weighted by atomic mass is 32.1. The summed E-state index contributed by atoms with van der Waals surface area (Å²) in [5.74, 6) is -0.544. The molecule has 0 spiro atoms. The van der Waals surface area contributed by atoms with E-state index in [2.05, 4.69) is 9.97 Å². The van der Waals surface area contributed by atoms with E-state index in [4.69, 9.17) is 0 Å². The van der Waals surface area contributed by atoms with Crippen molar-refractivity contribution < 1.29 is 9.18 Å². The molecule has 136 valence electrons. The van der Waals surface area contributed by atoms with Crippen molar-refractivity contribution in [1.29, 1.82) is 0 Å². The Kier molecular flexibility index (Phi) is 4.93. The zero-order valence-electron chi connectivity index (χ0n) is 14.5. The number of hydrogen-bond donors (Lipinski definition) is 0. The van der Waals surface area contributed by atoms with Crippen LogP contribution in [0.3, 0.4) is 0 Å². The summed E-state index contributed by atoms with van der Waals surface area (Å²) in [5, 5.41) is 0.649. The van der Waals surface area contributed by atoms with Gasteiger partial charge in [-0.1, -0.05) is 23.5 Å². The fourth-order valence-electron chi connectivity index (χ4n) is 2.84. The maximum atomic E-state index is 13.2. The van der Waals surface area contributed by atoms with Gasteiger partial charge in [-0.3, -0.25) is 9.69 Å². The molecule has 0 radical (unpaired) electrons. The van der Waals surface area contributed by atoms with Crippen LogP contribution in [0.5, 0.6) is 0 Å². The molecule has 0 saturated heterocycles. The lowest BCUT2D eigenvalue weighted by Gasteiger charge is -2.20. The van der Waals surface area contributed by atoms with E-state index < -0.39 is 0 Å². The van der Waals surface area contributed by atoms with Gasteiger partial charge in [0.2, 0.25) is 0 Å². The van der Waals surface area contributed by atoms with E-state index in [1.807, 2.05) is 35.0 Å². The van der Waals surface area contributed by atoms with Crippen LogP contribution < -0.4 is 4.90 Å². The number of para-hydroxylation sites is 1. The zero-order chi connectivity index (χ0) is 18.6. The molecule has 0 saturated carbocycles. The lowest BCUT2D eigenvalue weighted by atomic mass is 10.2. The monoisotopic (exact) mass is 380 g/mol. The number of halogens is 1. The first kappa shape index (κ1) is 17.4. The van der Waals surface area contributed by atoms with E-state index in [-0.39, 0.29) is 11.7 Å². The van der Waals surface area contributed by atoms with Gasteiger partial charge in [0.1, 0.15) is 5.82 Å². The van der Waals surface area contributed by atoms with Gasteiger partial charge in [0.05, 0.1) is 16.5 Å². The first-order valence-corrected chi connectivity index (χ1v) is 9.41. The second-order valence-corrected chi connectivity index (χ2v) is 7.09. The van der Waals surface area contributed by atoms with Crippen LogP contribution in [0.4, 0.5) is 9.52 Å². The fraction of sp³-hybridized carbons (Fsp3) is 0.150. The number of fused-ring (bicyclic) bond motifs is 1. The van der Waals surface area contributed by atoms with Crippen LogP contribution in [0.25, 0.3) is 10.2 Å². The van der Waals surface area contributed by atoms with Crippen LogP contribution >= 0.6 is 11.3 Å². The van der Waals surface area contributed by atoms with Gasteiger partial charge >= 0.3 is 0 Å². The number of nitrogens with zero attached hydrogens (tertiary/aromatic N) is 4. The molecule has 0 N–H and O–H groups in total. The van der Waals surface area contributed by atoms with Gasteiger partial charge < -0.3 is 4.57 Å². The van der Waals surface area contributed by atoms with Crippen molar-refractivity contribution >= 4 is 32.6 Å². The number of benzene rings is 2. The molecule has 2 heterocycles. The minimum atomic E-state index is -0.363. The molecule has 0 aliphatic rings. The van der Waals surface area contributed by atoms with Crippen molar-refractivity contribution in [1.82, 2.24) is 14.5 Å². The molecular formula is C20H17FN4OS. The standard InChI is InChI=1S/C20H17FN4OS/c21-16-8-6-15(7-9-16)19(26)25(12-3-11-24-13-10-22-14-24)20-23-17-4-1-2-5-18(17)27-20/h1-2,4-10,13-14H,3,11-12H2. The molecule has 27 heavy (non-hydrogen) atoms. The Morgan fingerprint density at radius 1 is 1.15 bits per heavy atom. The molecule has 0 aliphatic heterocycles. The summed E-state index contributed by atoms with van der Waals surface area (Å²) in [5.41, 5.74) is 1.31. The lowest BCUT2D eigenvalue weighted by Crippen LogP contribution is -2.32. The molecule has 0 unspecified atom stereocenters. The lowest BCUT2D eigenvalue weighted by molar-refractivity contribution is 0.0986. The first-order valence-electron chi connectivity index (χ1n) is 8.59. The van der Waals surface area contributed by atoms with Crippen LogP contribution in [-0.4, -0.2) is 27.0 Å². The SMILES string of the molecule is O=C(c1ccc(F)cc1)N(CCCn1ccnc1)c1nc2ccccc2s1. The Morgan fingerprint density at radius 3 is 2.70 bits per heavy atom. The van der Waals surface area contributed by atoms with Crippen molar-refractivity contribution in [2.45, 2.75) is 13.0 Å². The van der Waals surface area contributed by atoms with Crippen LogP contribution in [0.1, 0.15) is 16.8 Å². The van der Waals surface area contributed by atoms with E-state index in [1.54, 1.807) is 17.4 Å². The highest BCUT2D eigenvalue weighted by Crippen LogP contribution is 2.29. The Balaban J connectivity index is 1.61. The number of rotatable bonds is 6. The van der Waals surface area contributed by atoms with Crippen molar-refractivity contribution in [2.75, 3.05) is 11.4 Å². The van der Waals surface area contributed by atoms with Crippen molar-refractivity contribution in [2.24, 2.45) is 0 Å². The minimum Gasteiger partial charge on any atom is -0.337 e. The molecule has 2 aromatic carbocycles. The topological polar surface area (TPSA) is 51.0 Å². The van der Waals surface area contributed by atoms with Gasteiger partial charge in [0.25, 0.3) is 5.91 Å². The van der Waals surface area contributed by atoms with Gasteiger partial charge in [0.15, 0.2) is 5.13 Å². The van der Waals surface area contributed by atoms with Crippen LogP contribution in [-0.2, 0) is 6.54 Å². The average Bonchev–Trinajstić information content (AvgIpc) is 3.34. The molecule has 0 atom stereocenters. The number of hydrogen-bond acceptors (Lipinski definition) is 4. The largest absolute Gasteiger partial charge is 0.337 e. The van der Waals surface area contributed by atoms with Gasteiger partial charge in [-0.05, 0) is 42.8 Å². The highest BCUT2D eigenvalue weighted by Gasteiger charge is 2.21. The number of carbonyl (C=O) groups excluding carboxylic acids is 1. The number of thiazole rings is 1. The summed E-state index contributed by atoms with van der Waals surface area (Å²) < 4.78 is 16.2. The first-order chi connectivity index (χ1) is 13.2. The molecule has 4 aromatic rings. The Bertz CT molecular complexity index is 1010. The van der Waals surface area contributed by atoms with E-state index in [0.717, 1.165) is 23.2 Å². The number of carbonyl (C=O) groups is 1. The van der Waals surface area contributed by atoms with Crippen LogP contribution in [0.15, 0.2) is 67.3 Å². The normalized spacial score (nSPS) is 11.0. The number of aromatic nitrogens is 3. The van der Waals surface area contributed by atoms with Crippen molar-refractivity contribution in [3.8, 4) is 0 Å². The van der Waals surface area contributed by atoms with E-state index in [0.29, 0.717) is 17.2 Å². The molecule has 0 fully saturated rings. The molecule has 4 rings (SSSR count). The quantitative estimate of drug-likeness (QED) is 0.499. The van der Waals surface area contributed by atoms with Gasteiger partial charge in [-0.25, -0.2) is 14.4 Å². The Hall–Kier alpha value is -3.06. The summed E-state index contributed by atoms with van der Waals surface area (Å²) in [7, 11) is 0. The fourth-order valence-corrected chi connectivity index (χ4v) is 3.83. The molecule has 1 amide bonds. The third-order valence-electron chi connectivity index (χ3n) is 4.21. The predicted octanol–water partition coefficient (Wildman–Crippen LogP) is 4.37. The summed E-state index contributed by atoms with van der Waals surface area (Å²) in [6.07, 6.45) is 6.13. The molecule has 2 aromatic heterocycles. The molecule has 7 heteroatoms. The molecule has 0 aliphatic carbocycles. The van der Waals surface area contributed by atoms with Gasteiger partial charge in [-0.15, -0.1) is 0 Å². The second-order valence-electron chi connectivity index (χ2n) is 6.08. The molecule has 5 nitrogen and oxygen atoms in total. The predicted molar refractivity (Wildman–Crippen MR) is 105 cm³/mol. The third-order valence-corrected chi connectivity index (χ3v) is 5.27. The zero-order valence-corrected chi connectivity index (χ0v) is 15.3. The van der Waals surface area contributed by atoms with Crippen LogP contribution in [0, 0.1) is 5.82 Å². The van der Waals surface area contributed by atoms with Crippen molar-refractivity contribution in [3.63, 3.8) is 0 Å². The summed E-state index contributed by atoms with van der Waals surface area (Å²) in [6.45, 7) is 1.26. The summed E-state index contributed by atoms with van der Waals surface area (Å²) in [6, 6.07) is 13.4. The number of aryl methyl sites for hydroxylation is 1. The molecular weight excluding hydrogens is 363 g/mol. The van der Waals surface area contributed by atoms with E-state index in [9.17, 15) is 9.18 Å². The van der Waals surface area contributed by atoms with Crippen molar-refractivity contribution in [3.05, 3.63) is 78.6 Å². The third kappa shape index (κ3) is 3.88. The van der Waals surface area contributed by atoms with Crippen LogP contribution in [0.2, 0.25) is 0 Å². The molecule has 0 bridgehead atoms. The maximum absolute atomic E-state index is 13.2. The summed E-state index contributed by atoms with van der Waals surface area (Å²) >= 11 is 1.48. The Morgan fingerprint density at radius 2 is 1.96 bits per heavy atom. The second kappa shape index (κ2) is 7.67. The number of amides is 1. The number of anilines is 1.